The predicted molar refractivity (Wildman–Crippen MR) is 205 cm³/mol. The van der Waals surface area contributed by atoms with E-state index in [4.69, 9.17) is 16.3 Å². The molecule has 2 atom stereocenters. The second-order valence-corrected chi connectivity index (χ2v) is 14.2. The number of benzene rings is 5. The van der Waals surface area contributed by atoms with Gasteiger partial charge in [0.25, 0.3) is 11.8 Å². The van der Waals surface area contributed by atoms with Crippen LogP contribution in [0.15, 0.2) is 115 Å². The van der Waals surface area contributed by atoms with E-state index in [1.807, 2.05) is 60.7 Å². The molecule has 1 fully saturated rings. The molecule has 5 aromatic rings. The van der Waals surface area contributed by atoms with Crippen molar-refractivity contribution in [2.24, 2.45) is 0 Å². The zero-order valence-corrected chi connectivity index (χ0v) is 29.8. The standard InChI is InChI=1S/C44H38ClN3O4/c1-27-13-14-29(21-28(27)2)26-52-40-16-15-33(45)22-32(40)23-39-42(49)46-44(51)48(43(39)50)34-24-37-35(30-9-5-3-6-10-30)17-19-47-20-18-36(38(25-34)41(37)47)31-11-7-4-8-12-31/h3-16,21-25,35-36H,17-20,26H2,1-2H3,(H,46,49,51)/b39-23+/t35-,36+. The summed E-state index contributed by atoms with van der Waals surface area (Å²) in [6.07, 6.45) is 3.27. The molecule has 260 valence electrons. The van der Waals surface area contributed by atoms with Crippen LogP contribution in [0.4, 0.5) is 16.2 Å². The first-order valence-electron chi connectivity index (χ1n) is 17.7. The summed E-state index contributed by atoms with van der Waals surface area (Å²) in [5.74, 6) is -0.889. The van der Waals surface area contributed by atoms with Crippen LogP contribution in [0.25, 0.3) is 6.08 Å². The molecule has 0 saturated carbocycles. The molecule has 4 amide bonds. The molecule has 3 aliphatic rings. The van der Waals surface area contributed by atoms with Gasteiger partial charge in [0, 0.05) is 41.2 Å². The SMILES string of the molecule is Cc1ccc(COc2ccc(Cl)cc2/C=C2\C(=O)NC(=O)N(c3cc4c5c(c3)[C@H](c3ccccc3)CCN5CC[C@@H]4c3ccccc3)C2=O)cc1C. The fourth-order valence-corrected chi connectivity index (χ4v) is 8.01. The summed E-state index contributed by atoms with van der Waals surface area (Å²) in [7, 11) is 0. The van der Waals surface area contributed by atoms with Gasteiger partial charge in [-0.2, -0.15) is 0 Å². The summed E-state index contributed by atoms with van der Waals surface area (Å²) in [5, 5.41) is 2.85. The summed E-state index contributed by atoms with van der Waals surface area (Å²) in [5.41, 5.74) is 9.71. The first-order valence-corrected chi connectivity index (χ1v) is 18.1. The molecular formula is C44H38ClN3O4. The minimum absolute atomic E-state index is 0.0729. The van der Waals surface area contributed by atoms with Gasteiger partial charge in [0.15, 0.2) is 0 Å². The van der Waals surface area contributed by atoms with E-state index in [2.05, 4.69) is 54.4 Å². The maximum atomic E-state index is 14.4. The summed E-state index contributed by atoms with van der Waals surface area (Å²) in [6, 6.07) is 35.1. The Morgan fingerprint density at radius 2 is 1.40 bits per heavy atom. The van der Waals surface area contributed by atoms with Crippen molar-refractivity contribution in [1.82, 2.24) is 5.32 Å². The van der Waals surface area contributed by atoms with Crippen LogP contribution in [0.2, 0.25) is 5.02 Å². The molecular weight excluding hydrogens is 670 g/mol. The highest BCUT2D eigenvalue weighted by molar-refractivity contribution is 6.39. The summed E-state index contributed by atoms with van der Waals surface area (Å²) in [4.78, 5) is 45.1. The number of halogens is 1. The molecule has 1 saturated heterocycles. The minimum Gasteiger partial charge on any atom is -0.488 e. The van der Waals surface area contributed by atoms with E-state index in [9.17, 15) is 14.4 Å². The van der Waals surface area contributed by atoms with Crippen molar-refractivity contribution < 1.29 is 19.1 Å². The van der Waals surface area contributed by atoms with Gasteiger partial charge in [-0.15, -0.1) is 0 Å². The van der Waals surface area contributed by atoms with Gasteiger partial charge in [0.05, 0.1) is 5.69 Å². The van der Waals surface area contributed by atoms with Crippen LogP contribution in [0, 0.1) is 13.8 Å². The van der Waals surface area contributed by atoms with Gasteiger partial charge < -0.3 is 9.64 Å². The number of amides is 4. The van der Waals surface area contributed by atoms with E-state index in [1.165, 1.54) is 28.5 Å². The largest absolute Gasteiger partial charge is 0.488 e. The summed E-state index contributed by atoms with van der Waals surface area (Å²) < 4.78 is 6.20. The van der Waals surface area contributed by atoms with Crippen molar-refractivity contribution in [2.45, 2.75) is 45.1 Å². The number of anilines is 2. The van der Waals surface area contributed by atoms with Crippen LogP contribution in [0.5, 0.6) is 5.75 Å². The van der Waals surface area contributed by atoms with Gasteiger partial charge in [0.2, 0.25) is 0 Å². The number of imide groups is 2. The van der Waals surface area contributed by atoms with Crippen molar-refractivity contribution in [2.75, 3.05) is 22.9 Å². The van der Waals surface area contributed by atoms with Gasteiger partial charge in [-0.3, -0.25) is 14.9 Å². The minimum atomic E-state index is -0.785. The van der Waals surface area contributed by atoms with Crippen LogP contribution >= 0.6 is 11.6 Å². The van der Waals surface area contributed by atoms with Crippen LogP contribution < -0.4 is 19.9 Å². The molecule has 3 heterocycles. The van der Waals surface area contributed by atoms with Crippen LogP contribution in [-0.4, -0.2) is 30.9 Å². The Balaban J connectivity index is 1.21. The van der Waals surface area contributed by atoms with Crippen molar-refractivity contribution in [3.05, 3.63) is 164 Å². The number of urea groups is 1. The molecule has 0 spiro atoms. The Hall–Kier alpha value is -5.66. The highest BCUT2D eigenvalue weighted by Gasteiger charge is 2.40. The van der Waals surface area contributed by atoms with Gasteiger partial charge in [0.1, 0.15) is 17.9 Å². The zero-order chi connectivity index (χ0) is 35.9. The van der Waals surface area contributed by atoms with E-state index >= 15 is 0 Å². The number of rotatable bonds is 7. The molecule has 0 bridgehead atoms. The number of hydrogen-bond acceptors (Lipinski definition) is 5. The van der Waals surface area contributed by atoms with Gasteiger partial charge >= 0.3 is 6.03 Å². The summed E-state index contributed by atoms with van der Waals surface area (Å²) in [6.45, 7) is 6.22. The second-order valence-electron chi connectivity index (χ2n) is 13.8. The Bertz CT molecular complexity index is 2180. The third kappa shape index (κ3) is 6.26. The normalized spacial score (nSPS) is 19.1. The molecule has 1 N–H and O–H groups in total. The number of hydrogen-bond donors (Lipinski definition) is 1. The fourth-order valence-electron chi connectivity index (χ4n) is 7.83. The monoisotopic (exact) mass is 707 g/mol. The van der Waals surface area contributed by atoms with Gasteiger partial charge in [-0.05, 0) is 102 Å². The molecule has 3 aliphatic heterocycles. The molecule has 0 aromatic heterocycles. The fraction of sp³-hybridized carbons (Fsp3) is 0.205. The third-order valence-electron chi connectivity index (χ3n) is 10.6. The molecule has 7 nitrogen and oxygen atoms in total. The smallest absolute Gasteiger partial charge is 0.335 e. The Morgan fingerprint density at radius 1 is 0.769 bits per heavy atom. The van der Waals surface area contributed by atoms with Crippen molar-refractivity contribution >= 4 is 46.9 Å². The lowest BCUT2D eigenvalue weighted by molar-refractivity contribution is -0.122. The molecule has 0 unspecified atom stereocenters. The average molecular weight is 708 g/mol. The lowest BCUT2D eigenvalue weighted by Crippen LogP contribution is -2.54. The number of carbonyl (C=O) groups excluding carboxylic acids is 3. The lowest BCUT2D eigenvalue weighted by atomic mass is 9.76. The predicted octanol–water partition coefficient (Wildman–Crippen LogP) is 9.08. The number of nitrogens with zero attached hydrogens (tertiary/aromatic N) is 2. The van der Waals surface area contributed by atoms with E-state index in [0.717, 1.165) is 53.1 Å². The van der Waals surface area contributed by atoms with Crippen LogP contribution in [0.3, 0.4) is 0 Å². The van der Waals surface area contributed by atoms with Gasteiger partial charge in [-0.1, -0.05) is 90.5 Å². The quantitative estimate of drug-likeness (QED) is 0.135. The number of aryl methyl sites for hydroxylation is 2. The summed E-state index contributed by atoms with van der Waals surface area (Å²) >= 11 is 6.42. The number of nitrogens with one attached hydrogen (secondary N) is 1. The first-order chi connectivity index (χ1) is 25.2. The molecule has 0 radical (unpaired) electrons. The number of carbonyl (C=O) groups is 3. The second kappa shape index (κ2) is 13.8. The molecule has 52 heavy (non-hydrogen) atoms. The van der Waals surface area contributed by atoms with Crippen molar-refractivity contribution in [3.63, 3.8) is 0 Å². The highest BCUT2D eigenvalue weighted by atomic mass is 35.5. The third-order valence-corrected chi connectivity index (χ3v) is 10.8. The maximum Gasteiger partial charge on any atom is 0.335 e. The molecule has 5 aromatic carbocycles. The molecule has 8 heteroatoms. The topological polar surface area (TPSA) is 79.0 Å². The van der Waals surface area contributed by atoms with Crippen molar-refractivity contribution in [3.8, 4) is 5.75 Å². The lowest BCUT2D eigenvalue weighted by Gasteiger charge is -2.44. The average Bonchev–Trinajstić information content (AvgIpc) is 3.15. The van der Waals surface area contributed by atoms with Crippen molar-refractivity contribution in [1.29, 1.82) is 0 Å². The zero-order valence-electron chi connectivity index (χ0n) is 29.1. The maximum absolute atomic E-state index is 14.4. The van der Waals surface area contributed by atoms with E-state index in [0.29, 0.717) is 22.0 Å². The first kappa shape index (κ1) is 33.5. The number of barbiturate groups is 1. The Labute approximate surface area is 308 Å². The Morgan fingerprint density at radius 3 is 2.02 bits per heavy atom. The van der Waals surface area contributed by atoms with E-state index in [-0.39, 0.29) is 24.0 Å². The Kier molecular flexibility index (Phi) is 8.89. The van der Waals surface area contributed by atoms with E-state index < -0.39 is 17.8 Å². The van der Waals surface area contributed by atoms with Gasteiger partial charge in [-0.25, -0.2) is 9.69 Å². The molecule has 8 rings (SSSR count). The molecule has 0 aliphatic carbocycles. The number of ether oxygens (including phenoxy) is 1. The van der Waals surface area contributed by atoms with E-state index in [1.54, 1.807) is 18.2 Å². The van der Waals surface area contributed by atoms with Crippen LogP contribution in [-0.2, 0) is 16.2 Å². The van der Waals surface area contributed by atoms with Crippen LogP contribution in [0.1, 0.15) is 69.2 Å². The highest BCUT2D eigenvalue weighted by Crippen LogP contribution is 2.50.